The Balaban J connectivity index is 2.71. The summed E-state index contributed by atoms with van der Waals surface area (Å²) in [7, 11) is -2.94. The zero-order chi connectivity index (χ0) is 11.7. The van der Waals surface area contributed by atoms with Crippen LogP contribution in [0.25, 0.3) is 0 Å². The van der Waals surface area contributed by atoms with Gasteiger partial charge >= 0.3 is 0 Å². The average Bonchev–Trinajstić information content (AvgIpc) is 2.23. The normalized spacial score (nSPS) is 22.2. The molecule has 0 spiro atoms. The van der Waals surface area contributed by atoms with Gasteiger partial charge in [0.15, 0.2) is 9.84 Å². The van der Waals surface area contributed by atoms with E-state index in [1.165, 1.54) is 0 Å². The molecule has 1 heterocycles. The van der Waals surface area contributed by atoms with Crippen LogP contribution in [-0.4, -0.2) is 48.1 Å². The standard InChI is InChI=1S/C9H16BrNO3S/c1-9(2,10)8(12)11-4-3-6-15(13,14)7-5-11/h3-7H2,1-2H3. The van der Waals surface area contributed by atoms with Crippen LogP contribution in [0.4, 0.5) is 0 Å². The quantitative estimate of drug-likeness (QED) is 0.673. The average molecular weight is 298 g/mol. The van der Waals surface area contributed by atoms with Gasteiger partial charge in [-0.25, -0.2) is 8.42 Å². The topological polar surface area (TPSA) is 54.5 Å². The summed E-state index contributed by atoms with van der Waals surface area (Å²) in [5.74, 6) is 0.237. The fourth-order valence-corrected chi connectivity index (χ4v) is 3.04. The minimum absolute atomic E-state index is 0.0420. The predicted octanol–water partition coefficient (Wildman–Crippen LogP) is 0.807. The van der Waals surface area contributed by atoms with E-state index in [0.717, 1.165) is 0 Å². The van der Waals surface area contributed by atoms with Gasteiger partial charge in [0, 0.05) is 13.1 Å². The highest BCUT2D eigenvalue weighted by Gasteiger charge is 2.31. The second-order valence-electron chi connectivity index (χ2n) is 4.27. The Morgan fingerprint density at radius 2 is 1.87 bits per heavy atom. The monoisotopic (exact) mass is 297 g/mol. The van der Waals surface area contributed by atoms with Crippen LogP contribution in [0.3, 0.4) is 0 Å². The van der Waals surface area contributed by atoms with Gasteiger partial charge in [0.05, 0.1) is 15.8 Å². The SMILES string of the molecule is CC(C)(Br)C(=O)N1CCCS(=O)(=O)CC1. The number of rotatable bonds is 1. The molecule has 1 saturated heterocycles. The summed E-state index contributed by atoms with van der Waals surface area (Å²) in [6, 6.07) is 0. The van der Waals surface area contributed by atoms with Crippen molar-refractivity contribution in [2.24, 2.45) is 0 Å². The maximum absolute atomic E-state index is 11.9. The van der Waals surface area contributed by atoms with Crippen molar-refractivity contribution >= 4 is 31.7 Å². The van der Waals surface area contributed by atoms with Gasteiger partial charge in [-0.15, -0.1) is 0 Å². The van der Waals surface area contributed by atoms with Crippen molar-refractivity contribution in [3.8, 4) is 0 Å². The number of sulfone groups is 1. The Morgan fingerprint density at radius 3 is 2.40 bits per heavy atom. The highest BCUT2D eigenvalue weighted by molar-refractivity contribution is 9.10. The Kier molecular flexibility index (Phi) is 3.81. The van der Waals surface area contributed by atoms with Crippen molar-refractivity contribution in [1.82, 2.24) is 4.90 Å². The smallest absolute Gasteiger partial charge is 0.238 e. The van der Waals surface area contributed by atoms with Crippen molar-refractivity contribution in [2.45, 2.75) is 24.6 Å². The van der Waals surface area contributed by atoms with Gasteiger partial charge in [-0.1, -0.05) is 15.9 Å². The summed E-state index contributed by atoms with van der Waals surface area (Å²) in [5.41, 5.74) is 0. The van der Waals surface area contributed by atoms with Crippen LogP contribution >= 0.6 is 15.9 Å². The molecule has 0 N–H and O–H groups in total. The zero-order valence-electron chi connectivity index (χ0n) is 8.99. The number of hydrogen-bond acceptors (Lipinski definition) is 3. The number of carbonyl (C=O) groups is 1. The lowest BCUT2D eigenvalue weighted by molar-refractivity contribution is -0.132. The van der Waals surface area contributed by atoms with Crippen LogP contribution in [0.5, 0.6) is 0 Å². The molecule has 0 aromatic heterocycles. The minimum Gasteiger partial charge on any atom is -0.340 e. The Morgan fingerprint density at radius 1 is 1.27 bits per heavy atom. The predicted molar refractivity (Wildman–Crippen MR) is 62.9 cm³/mol. The van der Waals surface area contributed by atoms with E-state index >= 15 is 0 Å². The first-order valence-electron chi connectivity index (χ1n) is 4.91. The molecule has 0 aromatic carbocycles. The number of hydrogen-bond donors (Lipinski definition) is 0. The molecule has 1 aliphatic rings. The van der Waals surface area contributed by atoms with E-state index in [2.05, 4.69) is 15.9 Å². The molecule has 1 rings (SSSR count). The maximum Gasteiger partial charge on any atom is 0.238 e. The molecular formula is C9H16BrNO3S. The molecule has 0 aliphatic carbocycles. The number of amides is 1. The largest absolute Gasteiger partial charge is 0.340 e. The molecule has 0 radical (unpaired) electrons. The van der Waals surface area contributed by atoms with Gasteiger partial charge in [0.25, 0.3) is 0 Å². The van der Waals surface area contributed by atoms with Crippen molar-refractivity contribution in [3.05, 3.63) is 0 Å². The molecule has 0 aromatic rings. The van der Waals surface area contributed by atoms with E-state index in [1.807, 2.05) is 0 Å². The molecular weight excluding hydrogens is 282 g/mol. The third-order valence-corrected chi connectivity index (χ3v) is 4.41. The van der Waals surface area contributed by atoms with E-state index < -0.39 is 14.2 Å². The van der Waals surface area contributed by atoms with Crippen LogP contribution in [0.15, 0.2) is 0 Å². The second kappa shape index (κ2) is 4.41. The third kappa shape index (κ3) is 3.75. The molecule has 0 atom stereocenters. The molecule has 0 unspecified atom stereocenters. The fourth-order valence-electron chi connectivity index (χ4n) is 1.52. The molecule has 0 saturated carbocycles. The van der Waals surface area contributed by atoms with Gasteiger partial charge in [0.2, 0.25) is 5.91 Å². The molecule has 15 heavy (non-hydrogen) atoms. The van der Waals surface area contributed by atoms with Crippen molar-refractivity contribution in [3.63, 3.8) is 0 Å². The summed E-state index contributed by atoms with van der Waals surface area (Å²) in [6.07, 6.45) is 0.539. The summed E-state index contributed by atoms with van der Waals surface area (Å²) < 4.78 is 22.1. The summed E-state index contributed by atoms with van der Waals surface area (Å²) in [4.78, 5) is 13.5. The first-order valence-corrected chi connectivity index (χ1v) is 7.52. The molecule has 6 heteroatoms. The summed E-state index contributed by atoms with van der Waals surface area (Å²) in [5, 5.41) is 0. The Labute approximate surface area is 99.1 Å². The van der Waals surface area contributed by atoms with E-state index in [4.69, 9.17) is 0 Å². The number of alkyl halides is 1. The molecule has 1 amide bonds. The number of halogens is 1. The van der Waals surface area contributed by atoms with Gasteiger partial charge in [0.1, 0.15) is 0 Å². The number of carbonyl (C=O) groups excluding carboxylic acids is 1. The van der Waals surface area contributed by atoms with Crippen LogP contribution in [0.2, 0.25) is 0 Å². The highest BCUT2D eigenvalue weighted by atomic mass is 79.9. The van der Waals surface area contributed by atoms with Crippen LogP contribution in [0, 0.1) is 0 Å². The summed E-state index contributed by atoms with van der Waals surface area (Å²) >= 11 is 3.29. The van der Waals surface area contributed by atoms with E-state index in [9.17, 15) is 13.2 Å². The lowest BCUT2D eigenvalue weighted by atomic mass is 10.2. The van der Waals surface area contributed by atoms with Crippen LogP contribution in [-0.2, 0) is 14.6 Å². The summed E-state index contributed by atoms with van der Waals surface area (Å²) in [6.45, 7) is 4.40. The molecule has 1 aliphatic heterocycles. The van der Waals surface area contributed by atoms with Gasteiger partial charge in [-0.2, -0.15) is 0 Å². The van der Waals surface area contributed by atoms with Gasteiger partial charge in [-0.05, 0) is 20.3 Å². The highest BCUT2D eigenvalue weighted by Crippen LogP contribution is 2.20. The van der Waals surface area contributed by atoms with Gasteiger partial charge < -0.3 is 4.90 Å². The third-order valence-electron chi connectivity index (χ3n) is 2.35. The molecule has 88 valence electrons. The van der Waals surface area contributed by atoms with E-state index in [0.29, 0.717) is 19.5 Å². The first kappa shape index (κ1) is 13.0. The lowest BCUT2D eigenvalue weighted by Crippen LogP contribution is -2.43. The molecule has 0 bridgehead atoms. The van der Waals surface area contributed by atoms with Gasteiger partial charge in [-0.3, -0.25) is 4.79 Å². The van der Waals surface area contributed by atoms with Crippen LogP contribution < -0.4 is 0 Å². The fraction of sp³-hybridized carbons (Fsp3) is 0.889. The zero-order valence-corrected chi connectivity index (χ0v) is 11.4. The van der Waals surface area contributed by atoms with Crippen molar-refractivity contribution in [1.29, 1.82) is 0 Å². The molecule has 1 fully saturated rings. The van der Waals surface area contributed by atoms with Crippen molar-refractivity contribution < 1.29 is 13.2 Å². The number of nitrogens with zero attached hydrogens (tertiary/aromatic N) is 1. The van der Waals surface area contributed by atoms with E-state index in [1.54, 1.807) is 18.7 Å². The minimum atomic E-state index is -2.94. The molecule has 4 nitrogen and oxygen atoms in total. The Hall–Kier alpha value is -0.100. The first-order chi connectivity index (χ1) is 6.72. The van der Waals surface area contributed by atoms with Crippen molar-refractivity contribution in [2.75, 3.05) is 24.6 Å². The lowest BCUT2D eigenvalue weighted by Gasteiger charge is -2.26. The van der Waals surface area contributed by atoms with Crippen LogP contribution in [0.1, 0.15) is 20.3 Å². The second-order valence-corrected chi connectivity index (χ2v) is 8.56. The Bertz CT molecular complexity index is 345. The maximum atomic E-state index is 11.9. The van der Waals surface area contributed by atoms with E-state index in [-0.39, 0.29) is 17.4 Å².